The Labute approximate surface area is 169 Å². The maximum absolute atomic E-state index is 12.3. The highest BCUT2D eigenvalue weighted by atomic mass is 32.2. The van der Waals surface area contributed by atoms with E-state index in [1.807, 2.05) is 0 Å². The van der Waals surface area contributed by atoms with Gasteiger partial charge in [-0.25, -0.2) is 0 Å². The molecule has 2 aromatic rings. The summed E-state index contributed by atoms with van der Waals surface area (Å²) in [5.74, 6) is -0.450. The lowest BCUT2D eigenvalue weighted by Gasteiger charge is -2.16. The summed E-state index contributed by atoms with van der Waals surface area (Å²) in [6, 6.07) is 10.4. The van der Waals surface area contributed by atoms with E-state index in [9.17, 15) is 27.0 Å². The van der Waals surface area contributed by atoms with Gasteiger partial charge in [-0.3, -0.25) is 0 Å². The van der Waals surface area contributed by atoms with Crippen molar-refractivity contribution in [3.63, 3.8) is 0 Å². The second kappa shape index (κ2) is 9.81. The predicted molar refractivity (Wildman–Crippen MR) is 105 cm³/mol. The molecule has 0 radical (unpaired) electrons. The molecule has 2 N–H and O–H groups in total. The lowest BCUT2D eigenvalue weighted by molar-refractivity contribution is 0.145. The highest BCUT2D eigenvalue weighted by molar-refractivity contribution is 7.87. The molecule has 160 valence electrons. The Kier molecular flexibility index (Phi) is 7.71. The molecule has 0 bridgehead atoms. The zero-order chi connectivity index (χ0) is 21.5. The zero-order valence-corrected chi connectivity index (χ0v) is 17.2. The van der Waals surface area contributed by atoms with Crippen LogP contribution in [0.5, 0.6) is 23.0 Å². The number of hydrogen-bond donors (Lipinski definition) is 2. The van der Waals surface area contributed by atoms with Gasteiger partial charge < -0.3 is 23.3 Å². The van der Waals surface area contributed by atoms with Gasteiger partial charge in [0, 0.05) is 0 Å². The van der Waals surface area contributed by atoms with Crippen molar-refractivity contribution in [2.45, 2.75) is 18.6 Å². The normalized spacial score (nSPS) is 13.0. The standard InChI is InChI=1S/C18H22O9S2/c1-2-18(29(23,24)27-17-9-5-15(20)6-10-17)13-25-11-12-28(21,22)26-16-7-3-14(19)4-8-16/h3-10,18-20H,2,11-13H2,1H3. The van der Waals surface area contributed by atoms with Crippen molar-refractivity contribution >= 4 is 20.2 Å². The van der Waals surface area contributed by atoms with E-state index >= 15 is 0 Å². The van der Waals surface area contributed by atoms with Gasteiger partial charge in [-0.1, -0.05) is 6.92 Å². The van der Waals surface area contributed by atoms with Crippen molar-refractivity contribution in [1.29, 1.82) is 0 Å². The van der Waals surface area contributed by atoms with Crippen LogP contribution < -0.4 is 8.37 Å². The molecule has 2 rings (SSSR count). The molecule has 0 aliphatic heterocycles. The minimum atomic E-state index is -4.02. The molecule has 0 saturated heterocycles. The first-order valence-corrected chi connectivity index (χ1v) is 11.7. The lowest BCUT2D eigenvalue weighted by atomic mass is 10.3. The topological polar surface area (TPSA) is 136 Å². The number of benzene rings is 2. The first-order chi connectivity index (χ1) is 13.6. The van der Waals surface area contributed by atoms with Gasteiger partial charge in [-0.15, -0.1) is 0 Å². The van der Waals surface area contributed by atoms with Crippen LogP contribution >= 0.6 is 0 Å². The van der Waals surface area contributed by atoms with Gasteiger partial charge in [0.2, 0.25) is 0 Å². The zero-order valence-electron chi connectivity index (χ0n) is 15.6. The van der Waals surface area contributed by atoms with Crippen molar-refractivity contribution in [3.8, 4) is 23.0 Å². The number of phenols is 2. The van der Waals surface area contributed by atoms with Crippen LogP contribution in [0.1, 0.15) is 13.3 Å². The Morgan fingerprint density at radius 3 is 1.79 bits per heavy atom. The Hall–Kier alpha value is -2.50. The third kappa shape index (κ3) is 7.44. The number of rotatable bonds is 11. The molecule has 0 fully saturated rings. The first-order valence-electron chi connectivity index (χ1n) is 8.62. The molecule has 11 heteroatoms. The molecule has 29 heavy (non-hydrogen) atoms. The Morgan fingerprint density at radius 1 is 0.828 bits per heavy atom. The van der Waals surface area contributed by atoms with Gasteiger partial charge in [0.25, 0.3) is 0 Å². The number of phenolic OH excluding ortho intramolecular Hbond substituents is 2. The molecule has 1 unspecified atom stereocenters. The van der Waals surface area contributed by atoms with E-state index in [-0.39, 0.29) is 42.6 Å². The quantitative estimate of drug-likeness (QED) is 0.392. The van der Waals surface area contributed by atoms with Crippen molar-refractivity contribution in [2.24, 2.45) is 0 Å². The molecule has 0 aromatic heterocycles. The van der Waals surface area contributed by atoms with Crippen LogP contribution in [0.2, 0.25) is 0 Å². The van der Waals surface area contributed by atoms with Gasteiger partial charge in [0.05, 0.1) is 13.2 Å². The van der Waals surface area contributed by atoms with Crippen LogP contribution in [-0.2, 0) is 25.0 Å². The second-order valence-corrected chi connectivity index (χ2v) is 9.52. The van der Waals surface area contributed by atoms with E-state index in [0.717, 1.165) is 0 Å². The number of ether oxygens (including phenoxy) is 1. The maximum atomic E-state index is 12.3. The van der Waals surface area contributed by atoms with E-state index in [1.54, 1.807) is 6.92 Å². The van der Waals surface area contributed by atoms with Crippen LogP contribution in [0.4, 0.5) is 0 Å². The summed E-state index contributed by atoms with van der Waals surface area (Å²) in [4.78, 5) is 0. The monoisotopic (exact) mass is 446 g/mol. The third-order valence-electron chi connectivity index (χ3n) is 3.75. The van der Waals surface area contributed by atoms with E-state index in [1.165, 1.54) is 48.5 Å². The summed E-state index contributed by atoms with van der Waals surface area (Å²) in [6.45, 7) is 1.10. The van der Waals surface area contributed by atoms with Crippen molar-refractivity contribution in [1.82, 2.24) is 0 Å². The summed E-state index contributed by atoms with van der Waals surface area (Å²) in [5, 5.41) is 17.4. The summed E-state index contributed by atoms with van der Waals surface area (Å²) < 4.78 is 63.7. The number of hydrogen-bond acceptors (Lipinski definition) is 9. The maximum Gasteiger partial charge on any atom is 0.314 e. The van der Waals surface area contributed by atoms with Crippen LogP contribution in [0.15, 0.2) is 48.5 Å². The van der Waals surface area contributed by atoms with Crippen LogP contribution in [-0.4, -0.2) is 51.3 Å². The van der Waals surface area contributed by atoms with Gasteiger partial charge in [-0.05, 0) is 55.0 Å². The highest BCUT2D eigenvalue weighted by Crippen LogP contribution is 2.20. The molecule has 0 heterocycles. The largest absolute Gasteiger partial charge is 0.508 e. The Morgan fingerprint density at radius 2 is 1.31 bits per heavy atom. The van der Waals surface area contributed by atoms with Gasteiger partial charge in [0.1, 0.15) is 34.0 Å². The van der Waals surface area contributed by atoms with Crippen molar-refractivity contribution in [2.75, 3.05) is 19.0 Å². The van der Waals surface area contributed by atoms with E-state index in [4.69, 9.17) is 13.1 Å². The SMILES string of the molecule is CCC(COCCS(=O)(=O)Oc1ccc(O)cc1)S(=O)(=O)Oc1ccc(O)cc1. The minimum absolute atomic E-state index is 0.0270. The smallest absolute Gasteiger partial charge is 0.314 e. The molecule has 0 aliphatic rings. The van der Waals surface area contributed by atoms with Crippen LogP contribution in [0.3, 0.4) is 0 Å². The Bertz CT molecular complexity index is 983. The minimum Gasteiger partial charge on any atom is -0.508 e. The average Bonchev–Trinajstić information content (AvgIpc) is 2.65. The molecule has 9 nitrogen and oxygen atoms in total. The fourth-order valence-electron chi connectivity index (χ4n) is 2.17. The molecule has 1 atom stereocenters. The fourth-order valence-corrected chi connectivity index (χ4v) is 4.17. The fraction of sp³-hybridized carbons (Fsp3) is 0.333. The molecule has 0 spiro atoms. The van der Waals surface area contributed by atoms with Crippen molar-refractivity contribution in [3.05, 3.63) is 48.5 Å². The second-order valence-electron chi connectivity index (χ2n) is 6.01. The summed E-state index contributed by atoms with van der Waals surface area (Å²) in [7, 11) is -7.97. The van der Waals surface area contributed by atoms with E-state index in [2.05, 4.69) is 0 Å². The Balaban J connectivity index is 1.85. The van der Waals surface area contributed by atoms with Gasteiger partial charge in [-0.2, -0.15) is 16.8 Å². The highest BCUT2D eigenvalue weighted by Gasteiger charge is 2.26. The summed E-state index contributed by atoms with van der Waals surface area (Å²) >= 11 is 0. The van der Waals surface area contributed by atoms with Crippen molar-refractivity contribution < 1.29 is 40.2 Å². The summed E-state index contributed by atoms with van der Waals surface area (Å²) in [5.41, 5.74) is 0. The lowest BCUT2D eigenvalue weighted by Crippen LogP contribution is -2.31. The molecule has 0 aliphatic carbocycles. The van der Waals surface area contributed by atoms with Crippen LogP contribution in [0, 0.1) is 0 Å². The number of aromatic hydroxyl groups is 2. The molecule has 0 saturated carbocycles. The molecular formula is C18H22O9S2. The first kappa shape index (κ1) is 22.8. The van der Waals surface area contributed by atoms with E-state index in [0.29, 0.717) is 0 Å². The third-order valence-corrected chi connectivity index (χ3v) is 6.58. The van der Waals surface area contributed by atoms with Gasteiger partial charge in [0.15, 0.2) is 0 Å². The van der Waals surface area contributed by atoms with E-state index < -0.39 is 31.2 Å². The average molecular weight is 446 g/mol. The van der Waals surface area contributed by atoms with Gasteiger partial charge >= 0.3 is 20.2 Å². The van der Waals surface area contributed by atoms with Crippen LogP contribution in [0.25, 0.3) is 0 Å². The summed E-state index contributed by atoms with van der Waals surface area (Å²) in [6.07, 6.45) is 0.192. The molecular weight excluding hydrogens is 424 g/mol. The molecule has 0 amide bonds. The molecule has 2 aromatic carbocycles. The predicted octanol–water partition coefficient (Wildman–Crippen LogP) is 2.01.